The fourth-order valence-corrected chi connectivity index (χ4v) is 5.84. The van der Waals surface area contributed by atoms with Gasteiger partial charge in [-0.25, -0.2) is 10.1 Å². The first-order chi connectivity index (χ1) is 18.8. The van der Waals surface area contributed by atoms with E-state index in [2.05, 4.69) is 15.4 Å². The van der Waals surface area contributed by atoms with Crippen molar-refractivity contribution in [3.8, 4) is 0 Å². The van der Waals surface area contributed by atoms with Gasteiger partial charge < -0.3 is 19.9 Å². The standard InChI is InChI=1S/C24H28F6N6O3S/c1-13(33-18-9-32-34-22(38)20(18)24(28,29)30)11-39-6-3-19(37)35-4-5-36-16(10-35)12-40-14(2)17-7-15(23(25,26)27)8-31-21(17)36/h7-9,13-14,16H,3-6,10-12H2,1-2H3,(H2,33,34,38)/t13-,14?,16+/m0/s1. The van der Waals surface area contributed by atoms with Crippen LogP contribution in [0.2, 0.25) is 0 Å². The summed E-state index contributed by atoms with van der Waals surface area (Å²) >= 11 is 1.51. The van der Waals surface area contributed by atoms with Gasteiger partial charge in [0.25, 0.3) is 5.56 Å². The fraction of sp³-hybridized carbons (Fsp3) is 0.583. The lowest BCUT2D eigenvalue weighted by Gasteiger charge is -2.41. The van der Waals surface area contributed by atoms with E-state index in [4.69, 9.17) is 4.74 Å². The van der Waals surface area contributed by atoms with Crippen LogP contribution in [0.25, 0.3) is 0 Å². The highest BCUT2D eigenvalue weighted by molar-refractivity contribution is 7.99. The number of hydrogen-bond donors (Lipinski definition) is 2. The van der Waals surface area contributed by atoms with Gasteiger partial charge in [-0.1, -0.05) is 0 Å². The summed E-state index contributed by atoms with van der Waals surface area (Å²) in [6.45, 7) is 4.59. The number of H-pyrrole nitrogens is 1. The predicted octanol–water partition coefficient (Wildman–Crippen LogP) is 3.93. The van der Waals surface area contributed by atoms with Crippen molar-refractivity contribution >= 4 is 29.2 Å². The molecule has 220 valence electrons. The molecule has 1 unspecified atom stereocenters. The molecule has 1 saturated heterocycles. The summed E-state index contributed by atoms with van der Waals surface area (Å²) in [5.74, 6) is 0.956. The summed E-state index contributed by atoms with van der Waals surface area (Å²) in [5, 5.41) is 7.54. The van der Waals surface area contributed by atoms with E-state index in [1.54, 1.807) is 16.9 Å². The summed E-state index contributed by atoms with van der Waals surface area (Å²) in [6.07, 6.45) is -7.58. The second kappa shape index (κ2) is 11.8. The summed E-state index contributed by atoms with van der Waals surface area (Å²) in [4.78, 5) is 32.2. The highest BCUT2D eigenvalue weighted by atomic mass is 32.2. The van der Waals surface area contributed by atoms with E-state index in [1.807, 2.05) is 11.8 Å². The molecule has 4 heterocycles. The molecule has 0 spiro atoms. The van der Waals surface area contributed by atoms with Gasteiger partial charge in [-0.05, 0) is 19.9 Å². The minimum atomic E-state index is -4.87. The summed E-state index contributed by atoms with van der Waals surface area (Å²) in [5.41, 5.74) is -3.47. The number of nitrogens with zero attached hydrogens (tertiary/aromatic N) is 4. The van der Waals surface area contributed by atoms with Gasteiger partial charge in [-0.2, -0.15) is 43.2 Å². The monoisotopic (exact) mass is 594 g/mol. The number of fused-ring (bicyclic) bond motifs is 3. The minimum Gasteiger partial charge on any atom is -0.379 e. The zero-order valence-electron chi connectivity index (χ0n) is 21.6. The molecule has 40 heavy (non-hydrogen) atoms. The number of hydrogen-bond acceptors (Lipinski definition) is 8. The van der Waals surface area contributed by atoms with Crippen molar-refractivity contribution in [2.24, 2.45) is 0 Å². The van der Waals surface area contributed by atoms with Crippen molar-refractivity contribution in [3.05, 3.63) is 45.5 Å². The molecule has 4 rings (SSSR count). The lowest BCUT2D eigenvalue weighted by atomic mass is 10.1. The number of anilines is 2. The number of piperazine rings is 1. The average Bonchev–Trinajstić information content (AvgIpc) is 3.01. The van der Waals surface area contributed by atoms with Crippen LogP contribution in [0, 0.1) is 0 Å². The van der Waals surface area contributed by atoms with E-state index < -0.39 is 40.8 Å². The second-order valence-corrected chi connectivity index (χ2v) is 11.0. The van der Waals surface area contributed by atoms with Gasteiger partial charge in [0.2, 0.25) is 5.91 Å². The van der Waals surface area contributed by atoms with Crippen LogP contribution in [0.4, 0.5) is 37.8 Å². The van der Waals surface area contributed by atoms with Gasteiger partial charge in [0.15, 0.2) is 0 Å². The minimum absolute atomic E-state index is 0.0231. The molecule has 0 radical (unpaired) electrons. The largest absolute Gasteiger partial charge is 0.423 e. The maximum absolute atomic E-state index is 13.2. The Balaban J connectivity index is 1.28. The van der Waals surface area contributed by atoms with Crippen LogP contribution in [0.15, 0.2) is 23.3 Å². The lowest BCUT2D eigenvalue weighted by Crippen LogP contribution is -2.56. The Morgan fingerprint density at radius 2 is 1.98 bits per heavy atom. The third-order valence-electron chi connectivity index (χ3n) is 6.68. The van der Waals surface area contributed by atoms with Crippen molar-refractivity contribution < 1.29 is 35.9 Å². The number of rotatable bonds is 7. The Hall–Kier alpha value is -3.01. The van der Waals surface area contributed by atoms with Crippen LogP contribution < -0.4 is 15.8 Å². The van der Waals surface area contributed by atoms with Crippen molar-refractivity contribution in [3.63, 3.8) is 0 Å². The first-order valence-electron chi connectivity index (χ1n) is 12.5. The number of amides is 1. The number of aromatic nitrogens is 3. The third-order valence-corrected chi connectivity index (χ3v) is 8.01. The fourth-order valence-electron chi connectivity index (χ4n) is 4.69. The highest BCUT2D eigenvalue weighted by Crippen LogP contribution is 2.42. The Bertz CT molecular complexity index is 1270. The Morgan fingerprint density at radius 3 is 2.67 bits per heavy atom. The SMILES string of the molecule is CC1SC[C@H]2CN(C(=O)CCOC[C@H](C)Nc3cn[nH]c(=O)c3C(F)(F)F)CCN2c2ncc(C(F)(F)F)cc21. The maximum Gasteiger partial charge on any atom is 0.423 e. The third kappa shape index (κ3) is 6.82. The molecule has 2 aromatic heterocycles. The number of carbonyl (C=O) groups is 1. The van der Waals surface area contributed by atoms with E-state index in [0.717, 1.165) is 18.5 Å². The van der Waals surface area contributed by atoms with Crippen LogP contribution in [-0.2, 0) is 21.9 Å². The van der Waals surface area contributed by atoms with E-state index in [-0.39, 0.29) is 36.8 Å². The van der Waals surface area contributed by atoms with Gasteiger partial charge in [0, 0.05) is 48.4 Å². The molecule has 0 aliphatic carbocycles. The Morgan fingerprint density at radius 1 is 1.23 bits per heavy atom. The summed E-state index contributed by atoms with van der Waals surface area (Å²) < 4.78 is 84.8. The van der Waals surface area contributed by atoms with Gasteiger partial charge >= 0.3 is 12.4 Å². The molecule has 0 aromatic carbocycles. The number of alkyl halides is 6. The van der Waals surface area contributed by atoms with Crippen LogP contribution in [0.1, 0.15) is 42.2 Å². The van der Waals surface area contributed by atoms with E-state index in [1.165, 1.54) is 11.8 Å². The zero-order valence-corrected chi connectivity index (χ0v) is 22.4. The number of nitrogens with one attached hydrogen (secondary N) is 2. The molecule has 1 fully saturated rings. The van der Waals surface area contributed by atoms with Crippen LogP contribution in [-0.4, -0.2) is 76.7 Å². The molecule has 0 bridgehead atoms. The van der Waals surface area contributed by atoms with Gasteiger partial charge in [-0.3, -0.25) is 9.59 Å². The van der Waals surface area contributed by atoms with Crippen molar-refractivity contribution in [2.45, 2.75) is 50.0 Å². The van der Waals surface area contributed by atoms with Crippen molar-refractivity contribution in [1.82, 2.24) is 20.1 Å². The molecule has 0 saturated carbocycles. The van der Waals surface area contributed by atoms with Crippen LogP contribution in [0.5, 0.6) is 0 Å². The smallest absolute Gasteiger partial charge is 0.379 e. The van der Waals surface area contributed by atoms with Gasteiger partial charge in [0.05, 0.1) is 43.1 Å². The lowest BCUT2D eigenvalue weighted by molar-refractivity contribution is -0.138. The van der Waals surface area contributed by atoms with E-state index >= 15 is 0 Å². The highest BCUT2D eigenvalue weighted by Gasteiger charge is 2.39. The average molecular weight is 595 g/mol. The first kappa shape index (κ1) is 30.0. The number of aromatic amines is 1. The quantitative estimate of drug-likeness (QED) is 0.367. The predicted molar refractivity (Wildman–Crippen MR) is 136 cm³/mol. The molecule has 2 aromatic rings. The Labute approximate surface area is 229 Å². The number of carbonyl (C=O) groups excluding carboxylic acids is 1. The van der Waals surface area contributed by atoms with Crippen LogP contribution in [0.3, 0.4) is 0 Å². The van der Waals surface area contributed by atoms with Gasteiger partial charge in [0.1, 0.15) is 11.4 Å². The summed E-state index contributed by atoms with van der Waals surface area (Å²) in [6, 6.07) is 0.425. The molecule has 3 atom stereocenters. The number of halogens is 6. The molecular formula is C24H28F6N6O3S. The molecule has 2 N–H and O–H groups in total. The molecule has 16 heteroatoms. The van der Waals surface area contributed by atoms with Gasteiger partial charge in [-0.15, -0.1) is 0 Å². The maximum atomic E-state index is 13.2. The van der Waals surface area contributed by atoms with Crippen molar-refractivity contribution in [1.29, 1.82) is 0 Å². The number of ether oxygens (including phenoxy) is 1. The summed E-state index contributed by atoms with van der Waals surface area (Å²) in [7, 11) is 0. The molecule has 1 amide bonds. The molecule has 2 aliphatic heterocycles. The molecule has 2 aliphatic rings. The Kier molecular flexibility index (Phi) is 8.87. The van der Waals surface area contributed by atoms with Crippen molar-refractivity contribution in [2.75, 3.05) is 48.8 Å². The number of pyridine rings is 1. The molecule has 9 nitrogen and oxygen atoms in total. The van der Waals surface area contributed by atoms with Crippen LogP contribution >= 0.6 is 11.8 Å². The normalized spacial score (nSPS) is 20.4. The molecular weight excluding hydrogens is 566 g/mol. The van der Waals surface area contributed by atoms with E-state index in [9.17, 15) is 35.9 Å². The number of thioether (sulfide) groups is 1. The second-order valence-electron chi connectivity index (χ2n) is 9.65. The zero-order chi connectivity index (χ0) is 29.2. The van der Waals surface area contributed by atoms with E-state index in [0.29, 0.717) is 36.8 Å². The topological polar surface area (TPSA) is 103 Å². The first-order valence-corrected chi connectivity index (χ1v) is 13.5.